The first-order valence-corrected chi connectivity index (χ1v) is 21.7. The Morgan fingerprint density at radius 1 is 1.17 bits per heavy atom. The number of ether oxygens (including phenoxy) is 4. The number of piperidine rings is 1. The number of likely N-dealkylation sites (tertiary alicyclic amines) is 1. The molecule has 2 unspecified atom stereocenters. The second kappa shape index (κ2) is 15.8. The van der Waals surface area contributed by atoms with E-state index in [9.17, 15) is 19.7 Å². The van der Waals surface area contributed by atoms with Gasteiger partial charge in [-0.05, 0) is 49.4 Å². The van der Waals surface area contributed by atoms with Crippen LogP contribution in [0.3, 0.4) is 0 Å². The van der Waals surface area contributed by atoms with Crippen LogP contribution in [-0.2, 0) is 28.0 Å². The smallest absolute Gasteiger partial charge is 0.339 e. The Labute approximate surface area is 304 Å². The molecular formula is C36H51N7O8Si. The molecule has 4 heterocycles. The third kappa shape index (κ3) is 8.68. The van der Waals surface area contributed by atoms with Gasteiger partial charge in [-0.25, -0.2) is 9.48 Å². The highest BCUT2D eigenvalue weighted by molar-refractivity contribution is 6.76. The summed E-state index contributed by atoms with van der Waals surface area (Å²) in [6, 6.07) is 7.81. The van der Waals surface area contributed by atoms with Gasteiger partial charge in [0.15, 0.2) is 0 Å². The first-order valence-electron chi connectivity index (χ1n) is 18.0. The molecule has 2 aliphatic heterocycles. The van der Waals surface area contributed by atoms with E-state index in [1.807, 2.05) is 12.1 Å². The molecule has 2 atom stereocenters. The Morgan fingerprint density at radius 3 is 2.69 bits per heavy atom. The Balaban J connectivity index is 1.16. The van der Waals surface area contributed by atoms with Gasteiger partial charge in [0.1, 0.15) is 19.0 Å². The summed E-state index contributed by atoms with van der Waals surface area (Å²) in [5.74, 6) is 0.306. The van der Waals surface area contributed by atoms with Crippen molar-refractivity contribution in [2.45, 2.75) is 57.2 Å². The highest BCUT2D eigenvalue weighted by Gasteiger charge is 2.45. The van der Waals surface area contributed by atoms with E-state index in [4.69, 9.17) is 18.9 Å². The predicted octanol–water partition coefficient (Wildman–Crippen LogP) is 4.44. The molecule has 1 saturated carbocycles. The fraction of sp³-hybridized carbons (Fsp3) is 0.583. The molecule has 2 aromatic heterocycles. The van der Waals surface area contributed by atoms with Gasteiger partial charge in [-0.3, -0.25) is 24.4 Å². The number of morpholine rings is 1. The number of hydrogen-bond donors (Lipinski definition) is 1. The number of carbonyl (C=O) groups excluding carboxylic acids is 1. The molecule has 0 radical (unpaired) electrons. The van der Waals surface area contributed by atoms with E-state index in [-0.39, 0.29) is 39.6 Å². The lowest BCUT2D eigenvalue weighted by atomic mass is 9.90. The number of anilines is 2. The van der Waals surface area contributed by atoms with Gasteiger partial charge in [-0.15, -0.1) is 0 Å². The number of hydrogen-bond acceptors (Lipinski definition) is 12. The van der Waals surface area contributed by atoms with E-state index < -0.39 is 14.0 Å². The van der Waals surface area contributed by atoms with Crippen molar-refractivity contribution in [1.29, 1.82) is 0 Å². The van der Waals surface area contributed by atoms with E-state index in [2.05, 4.69) is 39.9 Å². The number of carbonyl (C=O) groups is 1. The molecule has 15 nitrogen and oxygen atoms in total. The van der Waals surface area contributed by atoms with Crippen molar-refractivity contribution in [1.82, 2.24) is 19.2 Å². The van der Waals surface area contributed by atoms with Crippen LogP contribution in [0.25, 0.3) is 11.1 Å². The van der Waals surface area contributed by atoms with Crippen LogP contribution in [0.15, 0.2) is 41.5 Å². The van der Waals surface area contributed by atoms with Gasteiger partial charge in [0.25, 0.3) is 11.2 Å². The summed E-state index contributed by atoms with van der Waals surface area (Å²) in [4.78, 5) is 42.7. The van der Waals surface area contributed by atoms with Crippen LogP contribution < -0.4 is 20.5 Å². The quantitative estimate of drug-likeness (QED) is 0.0771. The van der Waals surface area contributed by atoms with E-state index in [1.54, 1.807) is 24.0 Å². The van der Waals surface area contributed by atoms with E-state index >= 15 is 0 Å². The Kier molecular flexibility index (Phi) is 11.4. The summed E-state index contributed by atoms with van der Waals surface area (Å²) in [5.41, 5.74) is 1.91. The monoisotopic (exact) mass is 737 g/mol. The second-order valence-electron chi connectivity index (χ2n) is 15.4. The molecule has 3 aliphatic rings. The van der Waals surface area contributed by atoms with Gasteiger partial charge in [0.05, 0.1) is 53.7 Å². The third-order valence-corrected chi connectivity index (χ3v) is 12.0. The zero-order valence-corrected chi connectivity index (χ0v) is 31.9. The SMILES string of the molecule is COC(=O)c1cc(-c2cnn(C)c2OCCN2CC3CCC(Nc4cc(N5CCOCC5)ccc4[N+](=O)[O-])(C3)C2)c(=O)n(COCC[Si](C)(C)C)c1. The number of nitro benzene ring substituents is 1. The van der Waals surface area contributed by atoms with Gasteiger partial charge >= 0.3 is 5.97 Å². The molecule has 1 aromatic carbocycles. The number of esters is 1. The number of pyridine rings is 1. The highest BCUT2D eigenvalue weighted by Crippen LogP contribution is 2.44. The van der Waals surface area contributed by atoms with Crippen LogP contribution in [0.5, 0.6) is 5.88 Å². The van der Waals surface area contributed by atoms with Crippen molar-refractivity contribution >= 4 is 31.1 Å². The van der Waals surface area contributed by atoms with Crippen LogP contribution in [0.4, 0.5) is 17.1 Å². The molecule has 6 rings (SSSR count). The van der Waals surface area contributed by atoms with E-state index in [0.717, 1.165) is 50.6 Å². The van der Waals surface area contributed by atoms with Crippen LogP contribution in [0, 0.1) is 16.0 Å². The lowest BCUT2D eigenvalue weighted by Gasteiger charge is -2.41. The first-order chi connectivity index (χ1) is 24.8. The van der Waals surface area contributed by atoms with Crippen LogP contribution >= 0.6 is 0 Å². The number of nitrogens with one attached hydrogen (secondary N) is 1. The van der Waals surface area contributed by atoms with E-state index in [1.165, 1.54) is 23.9 Å². The molecule has 1 aliphatic carbocycles. The third-order valence-electron chi connectivity index (χ3n) is 10.3. The lowest BCUT2D eigenvalue weighted by Crippen LogP contribution is -2.52. The zero-order valence-electron chi connectivity index (χ0n) is 30.9. The maximum atomic E-state index is 13.7. The molecular weight excluding hydrogens is 687 g/mol. The Hall–Kier alpha value is -4.25. The largest absolute Gasteiger partial charge is 0.476 e. The summed E-state index contributed by atoms with van der Waals surface area (Å²) in [7, 11) is 1.72. The zero-order chi connectivity index (χ0) is 37.0. The molecule has 16 heteroatoms. The molecule has 3 aromatic rings. The summed E-state index contributed by atoms with van der Waals surface area (Å²) in [6.07, 6.45) is 5.94. The van der Waals surface area contributed by atoms with Gasteiger partial charge in [0.2, 0.25) is 5.88 Å². The number of methoxy groups -OCH3 is 1. The topological polar surface area (TPSA) is 155 Å². The number of aromatic nitrogens is 3. The van der Waals surface area contributed by atoms with Crippen LogP contribution in [0.1, 0.15) is 29.6 Å². The number of fused-ring (bicyclic) bond motifs is 2. The number of nitro groups is 1. The average Bonchev–Trinajstić information content (AvgIpc) is 3.63. The fourth-order valence-electron chi connectivity index (χ4n) is 7.55. The van der Waals surface area contributed by atoms with E-state index in [0.29, 0.717) is 62.6 Å². The molecule has 3 fully saturated rings. The molecule has 52 heavy (non-hydrogen) atoms. The average molecular weight is 738 g/mol. The van der Waals surface area contributed by atoms with Gasteiger partial charge in [0, 0.05) is 72.4 Å². The molecule has 2 saturated heterocycles. The summed E-state index contributed by atoms with van der Waals surface area (Å²) in [6.45, 7) is 12.6. The molecule has 2 bridgehead atoms. The molecule has 0 amide bonds. The standard InChI is InChI=1S/C36H51N7O8Si/c1-39-34(30(21-37-39)29-18-27(35(45)48-2)23-42(33(29)44)25-50-16-17-52(3,4)5)51-15-10-40-22-26-8-9-36(20-26,24-40)38-31-19-28(6-7-32(31)43(46)47)41-11-13-49-14-12-41/h6-7,18-19,21,23,26,38H,8-17,20,22,24-25H2,1-5H3. The van der Waals surface area contributed by atoms with Crippen LogP contribution in [0.2, 0.25) is 25.7 Å². The number of benzene rings is 1. The maximum absolute atomic E-state index is 13.7. The van der Waals surface area contributed by atoms with Gasteiger partial charge in [-0.1, -0.05) is 19.6 Å². The maximum Gasteiger partial charge on any atom is 0.339 e. The van der Waals surface area contributed by atoms with Crippen molar-refractivity contribution in [2.75, 3.05) is 76.5 Å². The van der Waals surface area contributed by atoms with Gasteiger partial charge in [-0.2, -0.15) is 5.10 Å². The van der Waals surface area contributed by atoms with Crippen molar-refractivity contribution in [3.8, 4) is 17.0 Å². The summed E-state index contributed by atoms with van der Waals surface area (Å²) in [5, 5.41) is 20.1. The molecule has 1 N–H and O–H groups in total. The van der Waals surface area contributed by atoms with Gasteiger partial charge < -0.3 is 29.2 Å². The second-order valence-corrected chi connectivity index (χ2v) is 21.0. The minimum atomic E-state index is -1.33. The van der Waals surface area contributed by atoms with Crippen molar-refractivity contribution in [3.63, 3.8) is 0 Å². The van der Waals surface area contributed by atoms with Crippen molar-refractivity contribution in [2.24, 2.45) is 13.0 Å². The Bertz CT molecular complexity index is 1820. The van der Waals surface area contributed by atoms with Crippen LogP contribution in [-0.4, -0.2) is 110 Å². The Morgan fingerprint density at radius 2 is 1.96 bits per heavy atom. The minimum Gasteiger partial charge on any atom is -0.476 e. The lowest BCUT2D eigenvalue weighted by molar-refractivity contribution is -0.384. The van der Waals surface area contributed by atoms with Crippen molar-refractivity contribution in [3.05, 3.63) is 62.7 Å². The molecule has 282 valence electrons. The van der Waals surface area contributed by atoms with Crippen molar-refractivity contribution < 1.29 is 28.7 Å². The fourth-order valence-corrected chi connectivity index (χ4v) is 8.31. The summed E-state index contributed by atoms with van der Waals surface area (Å²) >= 11 is 0. The number of rotatable bonds is 15. The number of aryl methyl sites for hydroxylation is 1. The highest BCUT2D eigenvalue weighted by atomic mass is 28.3. The normalized spacial score (nSPS) is 20.6. The first kappa shape index (κ1) is 37.5. The minimum absolute atomic E-state index is 0.00415. The summed E-state index contributed by atoms with van der Waals surface area (Å²) < 4.78 is 25.7. The predicted molar refractivity (Wildman–Crippen MR) is 200 cm³/mol. The molecule has 0 spiro atoms. The number of nitrogens with zero attached hydrogens (tertiary/aromatic N) is 6.